The van der Waals surface area contributed by atoms with E-state index in [-0.39, 0.29) is 17.4 Å². The van der Waals surface area contributed by atoms with Crippen molar-refractivity contribution < 1.29 is 9.90 Å². The Bertz CT molecular complexity index is 880. The van der Waals surface area contributed by atoms with Gasteiger partial charge in [0, 0.05) is 24.7 Å². The van der Waals surface area contributed by atoms with Crippen LogP contribution in [0.2, 0.25) is 0 Å². The average Bonchev–Trinajstić information content (AvgIpc) is 3.02. The predicted molar refractivity (Wildman–Crippen MR) is 102 cm³/mol. The summed E-state index contributed by atoms with van der Waals surface area (Å²) >= 11 is 1.35. The fraction of sp³-hybridized carbons (Fsp3) is 0.211. The fourth-order valence-electron chi connectivity index (χ4n) is 2.56. The van der Waals surface area contributed by atoms with E-state index in [2.05, 4.69) is 27.6 Å². The number of amides is 1. The molecule has 0 fully saturated rings. The Labute approximate surface area is 156 Å². The van der Waals surface area contributed by atoms with E-state index in [1.807, 2.05) is 29.7 Å². The van der Waals surface area contributed by atoms with Gasteiger partial charge in [0.15, 0.2) is 5.16 Å². The van der Waals surface area contributed by atoms with Crippen molar-refractivity contribution in [1.82, 2.24) is 14.8 Å². The van der Waals surface area contributed by atoms with Gasteiger partial charge in [0.25, 0.3) is 0 Å². The highest BCUT2D eigenvalue weighted by atomic mass is 32.2. The lowest BCUT2D eigenvalue weighted by Gasteiger charge is -2.08. The number of carbonyl (C=O) groups excluding carboxylic acids is 1. The van der Waals surface area contributed by atoms with Crippen LogP contribution in [0.25, 0.3) is 0 Å². The lowest BCUT2D eigenvalue weighted by atomic mass is 10.1. The van der Waals surface area contributed by atoms with Crippen LogP contribution in [0.3, 0.4) is 0 Å². The summed E-state index contributed by atoms with van der Waals surface area (Å²) in [4.78, 5) is 12.1. The van der Waals surface area contributed by atoms with Crippen LogP contribution in [-0.2, 0) is 17.8 Å². The highest BCUT2D eigenvalue weighted by molar-refractivity contribution is 7.99. The summed E-state index contributed by atoms with van der Waals surface area (Å²) in [5.74, 6) is 1.07. The van der Waals surface area contributed by atoms with E-state index in [1.54, 1.807) is 18.2 Å². The summed E-state index contributed by atoms with van der Waals surface area (Å²) in [7, 11) is 0. The fourth-order valence-corrected chi connectivity index (χ4v) is 3.38. The first-order chi connectivity index (χ1) is 12.7. The monoisotopic (exact) mass is 368 g/mol. The van der Waals surface area contributed by atoms with Gasteiger partial charge in [-0.25, -0.2) is 0 Å². The van der Waals surface area contributed by atoms with Gasteiger partial charge in [-0.1, -0.05) is 48.2 Å². The molecule has 134 valence electrons. The van der Waals surface area contributed by atoms with Gasteiger partial charge in [-0.15, -0.1) is 10.2 Å². The summed E-state index contributed by atoms with van der Waals surface area (Å²) in [5, 5.41) is 21.4. The van der Waals surface area contributed by atoms with Crippen LogP contribution in [0.4, 0.5) is 5.69 Å². The number of carbonyl (C=O) groups is 1. The largest absolute Gasteiger partial charge is 0.508 e. The number of thioether (sulfide) groups is 1. The first-order valence-electron chi connectivity index (χ1n) is 8.33. The zero-order valence-electron chi connectivity index (χ0n) is 14.4. The molecule has 1 heterocycles. The third-order valence-electron chi connectivity index (χ3n) is 3.78. The standard InChI is InChI=1S/C19H20N4O2S/c1-2-23-17(11-14-7-4-3-5-8-14)21-22-19(23)26-13-18(25)20-15-9-6-10-16(24)12-15/h3-10,12,24H,2,11,13H2,1H3,(H,20,25). The van der Waals surface area contributed by atoms with Gasteiger partial charge in [0.05, 0.1) is 5.75 Å². The zero-order valence-corrected chi connectivity index (χ0v) is 15.2. The number of hydrogen-bond donors (Lipinski definition) is 2. The van der Waals surface area contributed by atoms with E-state index >= 15 is 0 Å². The molecule has 0 radical (unpaired) electrons. The van der Waals surface area contributed by atoms with Crippen molar-refractivity contribution in [3.8, 4) is 5.75 Å². The molecule has 6 nitrogen and oxygen atoms in total. The molecule has 0 unspecified atom stereocenters. The van der Waals surface area contributed by atoms with Gasteiger partial charge in [-0.05, 0) is 24.6 Å². The molecule has 3 aromatic rings. The van der Waals surface area contributed by atoms with Crippen molar-refractivity contribution in [2.24, 2.45) is 0 Å². The minimum absolute atomic E-state index is 0.117. The topological polar surface area (TPSA) is 80.0 Å². The van der Waals surface area contributed by atoms with Gasteiger partial charge >= 0.3 is 0 Å². The third kappa shape index (κ3) is 4.64. The summed E-state index contributed by atoms with van der Waals surface area (Å²) in [6.45, 7) is 2.78. The number of phenolic OH excluding ortho intramolecular Hbond substituents is 1. The number of benzene rings is 2. The molecule has 26 heavy (non-hydrogen) atoms. The SMILES string of the molecule is CCn1c(Cc2ccccc2)nnc1SCC(=O)Nc1cccc(O)c1. The average molecular weight is 368 g/mol. The van der Waals surface area contributed by atoms with Crippen molar-refractivity contribution in [3.05, 3.63) is 66.0 Å². The molecule has 2 N–H and O–H groups in total. The van der Waals surface area contributed by atoms with Crippen LogP contribution < -0.4 is 5.32 Å². The van der Waals surface area contributed by atoms with Crippen molar-refractivity contribution in [1.29, 1.82) is 0 Å². The molecule has 7 heteroatoms. The van der Waals surface area contributed by atoms with Crippen LogP contribution in [0.1, 0.15) is 18.3 Å². The third-order valence-corrected chi connectivity index (χ3v) is 4.74. The zero-order chi connectivity index (χ0) is 18.4. The maximum absolute atomic E-state index is 12.1. The molecule has 1 amide bonds. The van der Waals surface area contributed by atoms with E-state index in [9.17, 15) is 9.90 Å². The van der Waals surface area contributed by atoms with Gasteiger partial charge in [0.2, 0.25) is 5.91 Å². The molecule has 0 saturated heterocycles. The van der Waals surface area contributed by atoms with Crippen molar-refractivity contribution in [2.45, 2.75) is 25.0 Å². The second-order valence-corrected chi connectivity index (χ2v) is 6.64. The minimum atomic E-state index is -0.157. The number of rotatable bonds is 7. The first-order valence-corrected chi connectivity index (χ1v) is 9.32. The molecule has 3 rings (SSSR count). The Kier molecular flexibility index (Phi) is 5.91. The number of aromatic nitrogens is 3. The smallest absolute Gasteiger partial charge is 0.234 e. The molecule has 0 bridgehead atoms. The van der Waals surface area contributed by atoms with Crippen LogP contribution in [0, 0.1) is 0 Å². The van der Waals surface area contributed by atoms with Crippen molar-refractivity contribution >= 4 is 23.4 Å². The van der Waals surface area contributed by atoms with Gasteiger partial charge in [-0.3, -0.25) is 4.79 Å². The summed E-state index contributed by atoms with van der Waals surface area (Å²) < 4.78 is 2.03. The Hall–Kier alpha value is -2.80. The van der Waals surface area contributed by atoms with Gasteiger partial charge in [-0.2, -0.15) is 0 Å². The highest BCUT2D eigenvalue weighted by Gasteiger charge is 2.13. The van der Waals surface area contributed by atoms with E-state index < -0.39 is 0 Å². The van der Waals surface area contributed by atoms with Crippen molar-refractivity contribution in [3.63, 3.8) is 0 Å². The second kappa shape index (κ2) is 8.53. The molecular weight excluding hydrogens is 348 g/mol. The summed E-state index contributed by atoms with van der Waals surface area (Å²) in [6, 6.07) is 16.6. The molecule has 0 aliphatic rings. The van der Waals surface area contributed by atoms with E-state index in [0.717, 1.165) is 17.5 Å². The molecule has 2 aromatic carbocycles. The maximum Gasteiger partial charge on any atom is 0.234 e. The molecule has 0 aliphatic carbocycles. The number of anilines is 1. The highest BCUT2D eigenvalue weighted by Crippen LogP contribution is 2.20. The number of nitrogens with one attached hydrogen (secondary N) is 1. The number of nitrogens with zero attached hydrogens (tertiary/aromatic N) is 3. The van der Waals surface area contributed by atoms with Crippen molar-refractivity contribution in [2.75, 3.05) is 11.1 Å². The van der Waals surface area contributed by atoms with Crippen LogP contribution in [-0.4, -0.2) is 31.5 Å². The molecule has 0 spiro atoms. The van der Waals surface area contributed by atoms with E-state index in [1.165, 1.54) is 23.4 Å². The minimum Gasteiger partial charge on any atom is -0.508 e. The van der Waals surface area contributed by atoms with Crippen LogP contribution in [0.15, 0.2) is 59.8 Å². The first kappa shape index (κ1) is 18.0. The predicted octanol–water partition coefficient (Wildman–Crippen LogP) is 3.33. The number of aromatic hydroxyl groups is 1. The van der Waals surface area contributed by atoms with E-state index in [4.69, 9.17) is 0 Å². The quantitative estimate of drug-likeness (QED) is 0.625. The normalized spacial score (nSPS) is 10.7. The maximum atomic E-state index is 12.1. The molecular formula is C19H20N4O2S. The van der Waals surface area contributed by atoms with E-state index in [0.29, 0.717) is 12.1 Å². The molecule has 0 aliphatic heterocycles. The Morgan fingerprint density at radius 3 is 2.69 bits per heavy atom. The summed E-state index contributed by atoms with van der Waals surface area (Å²) in [5.41, 5.74) is 1.74. The van der Waals surface area contributed by atoms with Gasteiger partial charge < -0.3 is 15.0 Å². The van der Waals surface area contributed by atoms with Gasteiger partial charge in [0.1, 0.15) is 11.6 Å². The second-order valence-electron chi connectivity index (χ2n) is 5.69. The lowest BCUT2D eigenvalue weighted by molar-refractivity contribution is -0.113. The molecule has 0 saturated carbocycles. The van der Waals surface area contributed by atoms with Crippen LogP contribution >= 0.6 is 11.8 Å². The Morgan fingerprint density at radius 2 is 1.96 bits per heavy atom. The Balaban J connectivity index is 1.62. The Morgan fingerprint density at radius 1 is 1.15 bits per heavy atom. The number of hydrogen-bond acceptors (Lipinski definition) is 5. The molecule has 0 atom stereocenters. The lowest BCUT2D eigenvalue weighted by Crippen LogP contribution is -2.14. The molecule has 1 aromatic heterocycles. The summed E-state index contributed by atoms with van der Waals surface area (Å²) in [6.07, 6.45) is 0.706. The number of phenols is 1. The van der Waals surface area contributed by atoms with Crippen LogP contribution in [0.5, 0.6) is 5.75 Å².